The van der Waals surface area contributed by atoms with Crippen LogP contribution in [0.2, 0.25) is 0 Å². The second kappa shape index (κ2) is 8.47. The van der Waals surface area contributed by atoms with E-state index in [0.29, 0.717) is 25.9 Å². The summed E-state index contributed by atoms with van der Waals surface area (Å²) in [5.74, 6) is 0.374. The number of rotatable bonds is 9. The lowest BCUT2D eigenvalue weighted by Crippen LogP contribution is -2.33. The molecule has 0 heterocycles. The molecule has 2 N–H and O–H groups in total. The van der Waals surface area contributed by atoms with Crippen LogP contribution in [-0.2, 0) is 14.6 Å². The molecule has 6 heteroatoms. The third-order valence-corrected chi connectivity index (χ3v) is 3.94. The predicted octanol–water partition coefficient (Wildman–Crippen LogP) is 0.316. The molecule has 17 heavy (non-hydrogen) atoms. The Balaban J connectivity index is 3.56. The van der Waals surface area contributed by atoms with Gasteiger partial charge in [0.1, 0.15) is 0 Å². The number of amides is 1. The largest absolute Gasteiger partial charge is 0.354 e. The van der Waals surface area contributed by atoms with Gasteiger partial charge in [-0.2, -0.15) is 0 Å². The zero-order valence-corrected chi connectivity index (χ0v) is 11.8. The minimum atomic E-state index is -2.91. The van der Waals surface area contributed by atoms with E-state index in [9.17, 15) is 13.2 Å². The molecule has 0 spiro atoms. The van der Waals surface area contributed by atoms with Gasteiger partial charge in [0.25, 0.3) is 0 Å². The molecule has 0 saturated heterocycles. The average Bonchev–Trinajstić information content (AvgIpc) is 2.15. The molecule has 1 amide bonds. The average molecular weight is 264 g/mol. The molecule has 0 atom stereocenters. The Bertz CT molecular complexity index is 313. The molecule has 0 saturated carbocycles. The van der Waals surface area contributed by atoms with Gasteiger partial charge in [0, 0.05) is 31.3 Å². The van der Waals surface area contributed by atoms with Gasteiger partial charge in [0.05, 0.1) is 5.75 Å². The van der Waals surface area contributed by atoms with Crippen molar-refractivity contribution >= 4 is 15.7 Å². The fraction of sp³-hybridized carbons (Fsp3) is 0.909. The topological polar surface area (TPSA) is 75.3 Å². The Morgan fingerprint density at radius 2 is 1.82 bits per heavy atom. The van der Waals surface area contributed by atoms with Crippen molar-refractivity contribution in [2.45, 2.75) is 39.7 Å². The first-order chi connectivity index (χ1) is 7.87. The predicted molar refractivity (Wildman–Crippen MR) is 69.7 cm³/mol. The van der Waals surface area contributed by atoms with Crippen molar-refractivity contribution in [1.29, 1.82) is 0 Å². The van der Waals surface area contributed by atoms with Gasteiger partial charge < -0.3 is 10.6 Å². The first kappa shape index (κ1) is 16.4. The summed E-state index contributed by atoms with van der Waals surface area (Å²) in [5, 5.41) is 5.74. The Morgan fingerprint density at radius 1 is 1.18 bits per heavy atom. The molecular weight excluding hydrogens is 240 g/mol. The molecule has 0 aliphatic carbocycles. The van der Waals surface area contributed by atoms with E-state index in [4.69, 9.17) is 0 Å². The van der Waals surface area contributed by atoms with Gasteiger partial charge in [-0.15, -0.1) is 0 Å². The van der Waals surface area contributed by atoms with Crippen LogP contribution in [0.25, 0.3) is 0 Å². The van der Waals surface area contributed by atoms with Crippen LogP contribution in [0.1, 0.15) is 33.6 Å². The fourth-order valence-electron chi connectivity index (χ4n) is 1.36. The monoisotopic (exact) mass is 264 g/mol. The van der Waals surface area contributed by atoms with E-state index in [-0.39, 0.29) is 23.5 Å². The number of hydrogen-bond donors (Lipinski definition) is 2. The normalized spacial score (nSPS) is 11.8. The van der Waals surface area contributed by atoms with Gasteiger partial charge in [0.2, 0.25) is 5.91 Å². The zero-order chi connectivity index (χ0) is 13.3. The molecule has 0 bridgehead atoms. The Kier molecular flexibility index (Phi) is 8.16. The van der Waals surface area contributed by atoms with Gasteiger partial charge in [0.15, 0.2) is 9.84 Å². The summed E-state index contributed by atoms with van der Waals surface area (Å²) >= 11 is 0. The lowest BCUT2D eigenvalue weighted by Gasteiger charge is -2.08. The van der Waals surface area contributed by atoms with E-state index < -0.39 is 9.84 Å². The number of carbonyl (C=O) groups excluding carboxylic acids is 1. The van der Waals surface area contributed by atoms with E-state index in [1.54, 1.807) is 0 Å². The van der Waals surface area contributed by atoms with Crippen molar-refractivity contribution in [2.75, 3.05) is 24.6 Å². The molecule has 5 nitrogen and oxygen atoms in total. The standard InChI is InChI=1S/C11H24N2O3S/c1-4-8-17(15,16)9-7-12-6-5-11(14)13-10(2)3/h10,12H,4-9H2,1-3H3,(H,13,14). The molecule has 0 aromatic heterocycles. The molecule has 0 fully saturated rings. The van der Waals surface area contributed by atoms with E-state index in [1.165, 1.54) is 0 Å². The Morgan fingerprint density at radius 3 is 2.35 bits per heavy atom. The maximum absolute atomic E-state index is 11.4. The van der Waals surface area contributed by atoms with Gasteiger partial charge in [-0.1, -0.05) is 6.92 Å². The van der Waals surface area contributed by atoms with Crippen LogP contribution < -0.4 is 10.6 Å². The van der Waals surface area contributed by atoms with Gasteiger partial charge >= 0.3 is 0 Å². The highest BCUT2D eigenvalue weighted by Crippen LogP contribution is 1.92. The van der Waals surface area contributed by atoms with Crippen molar-refractivity contribution in [2.24, 2.45) is 0 Å². The van der Waals surface area contributed by atoms with E-state index in [0.717, 1.165) is 0 Å². The lowest BCUT2D eigenvalue weighted by molar-refractivity contribution is -0.121. The first-order valence-electron chi connectivity index (χ1n) is 6.08. The molecule has 0 aliphatic rings. The third kappa shape index (κ3) is 10.3. The van der Waals surface area contributed by atoms with Gasteiger partial charge in [-0.3, -0.25) is 4.79 Å². The number of nitrogens with one attached hydrogen (secondary N) is 2. The highest BCUT2D eigenvalue weighted by atomic mass is 32.2. The van der Waals surface area contributed by atoms with Crippen LogP contribution in [0.15, 0.2) is 0 Å². The van der Waals surface area contributed by atoms with Crippen LogP contribution in [0.3, 0.4) is 0 Å². The zero-order valence-electron chi connectivity index (χ0n) is 11.0. The van der Waals surface area contributed by atoms with Gasteiger partial charge in [-0.25, -0.2) is 8.42 Å². The van der Waals surface area contributed by atoms with Crippen LogP contribution in [0.4, 0.5) is 0 Å². The van der Waals surface area contributed by atoms with Crippen LogP contribution in [0, 0.1) is 0 Å². The summed E-state index contributed by atoms with van der Waals surface area (Å²) in [5.41, 5.74) is 0. The fourth-order valence-corrected chi connectivity index (χ4v) is 2.64. The highest BCUT2D eigenvalue weighted by molar-refractivity contribution is 7.91. The second-order valence-electron chi connectivity index (χ2n) is 4.37. The smallest absolute Gasteiger partial charge is 0.221 e. The number of carbonyl (C=O) groups is 1. The summed E-state index contributed by atoms with van der Waals surface area (Å²) in [4.78, 5) is 11.2. The third-order valence-electron chi connectivity index (χ3n) is 2.08. The molecule has 0 aliphatic heterocycles. The molecular formula is C11H24N2O3S. The van der Waals surface area contributed by atoms with Crippen molar-refractivity contribution in [3.8, 4) is 0 Å². The van der Waals surface area contributed by atoms with Crippen molar-refractivity contribution in [3.63, 3.8) is 0 Å². The van der Waals surface area contributed by atoms with Crippen LogP contribution >= 0.6 is 0 Å². The molecule has 0 rings (SSSR count). The number of sulfone groups is 1. The first-order valence-corrected chi connectivity index (χ1v) is 7.90. The van der Waals surface area contributed by atoms with E-state index in [1.807, 2.05) is 20.8 Å². The second-order valence-corrected chi connectivity index (χ2v) is 6.68. The Labute approximate surface area is 104 Å². The maximum Gasteiger partial charge on any atom is 0.221 e. The van der Waals surface area contributed by atoms with Crippen LogP contribution in [-0.4, -0.2) is 45.0 Å². The SMILES string of the molecule is CCCS(=O)(=O)CCNCCC(=O)NC(C)C. The summed E-state index contributed by atoms with van der Waals surface area (Å²) in [7, 11) is -2.91. The van der Waals surface area contributed by atoms with Crippen molar-refractivity contribution < 1.29 is 13.2 Å². The molecule has 0 aromatic rings. The summed E-state index contributed by atoms with van der Waals surface area (Å²) in [6, 6.07) is 0.146. The van der Waals surface area contributed by atoms with E-state index in [2.05, 4.69) is 10.6 Å². The van der Waals surface area contributed by atoms with Gasteiger partial charge in [-0.05, 0) is 20.3 Å². The quantitative estimate of drug-likeness (QED) is 0.588. The molecule has 0 unspecified atom stereocenters. The number of hydrogen-bond acceptors (Lipinski definition) is 4. The van der Waals surface area contributed by atoms with Crippen molar-refractivity contribution in [1.82, 2.24) is 10.6 Å². The minimum Gasteiger partial charge on any atom is -0.354 e. The minimum absolute atomic E-state index is 0.0103. The van der Waals surface area contributed by atoms with Crippen LogP contribution in [0.5, 0.6) is 0 Å². The Hall–Kier alpha value is -0.620. The summed E-state index contributed by atoms with van der Waals surface area (Å²) in [6.45, 7) is 6.59. The maximum atomic E-state index is 11.4. The molecule has 102 valence electrons. The summed E-state index contributed by atoms with van der Waals surface area (Å²) < 4.78 is 22.7. The van der Waals surface area contributed by atoms with Crippen molar-refractivity contribution in [3.05, 3.63) is 0 Å². The highest BCUT2D eigenvalue weighted by Gasteiger charge is 2.08. The van der Waals surface area contributed by atoms with E-state index >= 15 is 0 Å². The summed E-state index contributed by atoms with van der Waals surface area (Å²) in [6.07, 6.45) is 1.03. The lowest BCUT2D eigenvalue weighted by atomic mass is 10.3. The molecule has 0 aromatic carbocycles. The molecule has 0 radical (unpaired) electrons.